The molecule has 1 aromatic carbocycles. The molecule has 0 spiro atoms. The third-order valence-electron chi connectivity index (χ3n) is 7.94. The Morgan fingerprint density at radius 3 is 2.42 bits per heavy atom. The summed E-state index contributed by atoms with van der Waals surface area (Å²) < 4.78 is 0. The Kier molecular flexibility index (Phi) is 7.48. The maximum absolute atomic E-state index is 13.7. The largest absolute Gasteiger partial charge is 0.382 e. The summed E-state index contributed by atoms with van der Waals surface area (Å²) in [6.07, 6.45) is 11.5. The fourth-order valence-electron chi connectivity index (χ4n) is 6.53. The molecule has 0 radical (unpaired) electrons. The normalized spacial score (nSPS) is 21.9. The summed E-state index contributed by atoms with van der Waals surface area (Å²) in [6.45, 7) is 15.0. The van der Waals surface area contributed by atoms with E-state index in [0.29, 0.717) is 25.3 Å². The zero-order valence-electron chi connectivity index (χ0n) is 23.4. The lowest BCUT2D eigenvalue weighted by molar-refractivity contribution is -0.115. The highest BCUT2D eigenvalue weighted by Gasteiger charge is 2.33. The third-order valence-corrected chi connectivity index (χ3v) is 7.94. The minimum Gasteiger partial charge on any atom is -0.382 e. The average Bonchev–Trinajstić information content (AvgIpc) is 3.25. The molecule has 2 aliphatic carbocycles. The van der Waals surface area contributed by atoms with Crippen LogP contribution in [-0.2, 0) is 4.79 Å². The smallest absolute Gasteiger partial charge is 0.163 e. The summed E-state index contributed by atoms with van der Waals surface area (Å²) in [6, 6.07) is 4.84. The van der Waals surface area contributed by atoms with Crippen LogP contribution < -0.4 is 10.6 Å². The molecule has 0 amide bonds. The van der Waals surface area contributed by atoms with Crippen molar-refractivity contribution < 1.29 is 9.59 Å². The van der Waals surface area contributed by atoms with Crippen molar-refractivity contribution in [3.05, 3.63) is 57.7 Å². The predicted octanol–water partition coefficient (Wildman–Crippen LogP) is 7.48. The highest BCUT2D eigenvalue weighted by atomic mass is 16.1. The molecule has 0 saturated heterocycles. The minimum absolute atomic E-state index is 0.0291. The van der Waals surface area contributed by atoms with E-state index in [1.54, 1.807) is 0 Å². The second kappa shape index (κ2) is 10.1. The van der Waals surface area contributed by atoms with Crippen LogP contribution in [0, 0.1) is 6.92 Å². The Morgan fingerprint density at radius 2 is 1.78 bits per heavy atom. The van der Waals surface area contributed by atoms with Crippen molar-refractivity contribution in [1.29, 1.82) is 0 Å². The van der Waals surface area contributed by atoms with Crippen molar-refractivity contribution in [3.8, 4) is 0 Å². The van der Waals surface area contributed by atoms with Crippen LogP contribution in [0.15, 0.2) is 41.0 Å². The fourth-order valence-corrected chi connectivity index (χ4v) is 6.53. The summed E-state index contributed by atoms with van der Waals surface area (Å²) in [5, 5.41) is 7.50. The Balaban J connectivity index is 1.68. The van der Waals surface area contributed by atoms with Crippen LogP contribution in [0.4, 0.5) is 5.69 Å². The number of ketones is 2. The lowest BCUT2D eigenvalue weighted by Gasteiger charge is -2.41. The second-order valence-electron chi connectivity index (χ2n) is 12.6. The molecule has 0 atom stereocenters. The number of hydrogen-bond acceptors (Lipinski definition) is 4. The summed E-state index contributed by atoms with van der Waals surface area (Å²) in [5.74, 6) is 0.287. The van der Waals surface area contributed by atoms with Gasteiger partial charge in [0.25, 0.3) is 0 Å². The molecule has 0 unspecified atom stereocenters. The number of carbonyl (C=O) groups excluding carboxylic acids is 2. The number of carbonyl (C=O) groups is 2. The highest BCUT2D eigenvalue weighted by Crippen LogP contribution is 2.37. The van der Waals surface area contributed by atoms with Crippen molar-refractivity contribution in [3.63, 3.8) is 0 Å². The summed E-state index contributed by atoms with van der Waals surface area (Å²) in [4.78, 5) is 26.3. The summed E-state index contributed by atoms with van der Waals surface area (Å²) >= 11 is 0. The van der Waals surface area contributed by atoms with E-state index < -0.39 is 0 Å². The molecule has 1 aliphatic heterocycles. The molecular formula is C32H44N2O2. The number of allylic oxidation sites excluding steroid dienone is 4. The minimum atomic E-state index is -0.123. The molecule has 194 valence electrons. The lowest BCUT2D eigenvalue weighted by Crippen LogP contribution is -2.53. The molecule has 4 heteroatoms. The molecular weight excluding hydrogens is 444 g/mol. The van der Waals surface area contributed by atoms with Crippen LogP contribution in [0.25, 0.3) is 5.57 Å². The van der Waals surface area contributed by atoms with Gasteiger partial charge in [-0.1, -0.05) is 30.6 Å². The maximum Gasteiger partial charge on any atom is 0.163 e. The first-order valence-electron chi connectivity index (χ1n) is 13.7. The van der Waals surface area contributed by atoms with Crippen LogP contribution >= 0.6 is 0 Å². The van der Waals surface area contributed by atoms with Crippen molar-refractivity contribution in [2.75, 3.05) is 5.32 Å². The molecule has 0 bridgehead atoms. The first-order valence-corrected chi connectivity index (χ1v) is 13.7. The van der Waals surface area contributed by atoms with E-state index in [1.165, 1.54) is 31.3 Å². The lowest BCUT2D eigenvalue weighted by atomic mass is 9.80. The van der Waals surface area contributed by atoms with Gasteiger partial charge in [0.1, 0.15) is 0 Å². The van der Waals surface area contributed by atoms with Gasteiger partial charge >= 0.3 is 0 Å². The van der Waals surface area contributed by atoms with Gasteiger partial charge in [-0.05, 0) is 114 Å². The Bertz CT molecular complexity index is 1160. The number of nitrogens with one attached hydrogen (secondary N) is 2. The maximum atomic E-state index is 13.7. The van der Waals surface area contributed by atoms with Gasteiger partial charge in [0.05, 0.1) is 0 Å². The zero-order chi connectivity index (χ0) is 26.3. The number of benzene rings is 1. The van der Waals surface area contributed by atoms with E-state index in [1.807, 2.05) is 13.8 Å². The topological polar surface area (TPSA) is 58.2 Å². The number of hydrogen-bond donors (Lipinski definition) is 2. The van der Waals surface area contributed by atoms with Crippen molar-refractivity contribution >= 4 is 22.8 Å². The Morgan fingerprint density at radius 1 is 1.08 bits per heavy atom. The van der Waals surface area contributed by atoms with E-state index >= 15 is 0 Å². The zero-order valence-corrected chi connectivity index (χ0v) is 23.4. The Hall–Kier alpha value is -2.46. The van der Waals surface area contributed by atoms with Gasteiger partial charge in [-0.2, -0.15) is 0 Å². The molecule has 0 aromatic heterocycles. The summed E-state index contributed by atoms with van der Waals surface area (Å²) in [7, 11) is 0. The second-order valence-corrected chi connectivity index (χ2v) is 12.6. The molecule has 1 saturated carbocycles. The molecule has 2 N–H and O–H groups in total. The Labute approximate surface area is 217 Å². The van der Waals surface area contributed by atoms with Crippen LogP contribution in [-0.4, -0.2) is 28.7 Å². The number of rotatable bonds is 7. The standard InChI is InChI=1S/C32H44N2O2/c1-20-14-21(2)26(30(36)15-20)12-13-29(35)27-16-23(24-18-31(4,5)34-32(6,7)19-24)17-28(22(27)3)33-25-10-8-9-11-25/h14,16-18,25,33-34H,8-13,15,19H2,1-7H3. The quantitative estimate of drug-likeness (QED) is 0.391. The van der Waals surface area contributed by atoms with Crippen LogP contribution in [0.1, 0.15) is 114 Å². The van der Waals surface area contributed by atoms with Crippen molar-refractivity contribution in [1.82, 2.24) is 5.32 Å². The van der Waals surface area contributed by atoms with Gasteiger partial charge in [0.15, 0.2) is 11.6 Å². The van der Waals surface area contributed by atoms with Gasteiger partial charge in [0, 0.05) is 41.2 Å². The number of anilines is 1. The van der Waals surface area contributed by atoms with E-state index in [4.69, 9.17) is 0 Å². The molecule has 4 nitrogen and oxygen atoms in total. The van der Waals surface area contributed by atoms with E-state index in [9.17, 15) is 9.59 Å². The van der Waals surface area contributed by atoms with Crippen LogP contribution in [0.5, 0.6) is 0 Å². The molecule has 1 aromatic rings. The average molecular weight is 489 g/mol. The van der Waals surface area contributed by atoms with Crippen LogP contribution in [0.3, 0.4) is 0 Å². The van der Waals surface area contributed by atoms with Gasteiger partial charge < -0.3 is 10.6 Å². The SMILES string of the molecule is CC1=CC(C)=C(CCC(=O)c2cc(C3=CC(C)(C)NC(C)(C)C3)cc(NC3CCCC3)c2C)C(=O)C1. The molecule has 3 aliphatic rings. The monoisotopic (exact) mass is 488 g/mol. The molecule has 1 heterocycles. The molecule has 1 fully saturated rings. The fraction of sp³-hybridized carbons (Fsp3) is 0.562. The van der Waals surface area contributed by atoms with Crippen LogP contribution in [0.2, 0.25) is 0 Å². The number of Topliss-reactive ketones (excluding diaryl/α,β-unsaturated/α-hetero) is 2. The van der Waals surface area contributed by atoms with E-state index in [-0.39, 0.29) is 22.6 Å². The highest BCUT2D eigenvalue weighted by molar-refractivity contribution is 6.03. The first kappa shape index (κ1) is 26.6. The van der Waals surface area contributed by atoms with E-state index in [2.05, 4.69) is 69.5 Å². The van der Waals surface area contributed by atoms with Gasteiger partial charge in [-0.3, -0.25) is 9.59 Å². The molecule has 36 heavy (non-hydrogen) atoms. The van der Waals surface area contributed by atoms with Gasteiger partial charge in [-0.15, -0.1) is 0 Å². The van der Waals surface area contributed by atoms with E-state index in [0.717, 1.165) is 45.5 Å². The van der Waals surface area contributed by atoms with Gasteiger partial charge in [-0.25, -0.2) is 0 Å². The van der Waals surface area contributed by atoms with Gasteiger partial charge in [0.2, 0.25) is 0 Å². The first-order chi connectivity index (χ1) is 16.8. The van der Waals surface area contributed by atoms with Crippen molar-refractivity contribution in [2.45, 2.75) is 117 Å². The summed E-state index contributed by atoms with van der Waals surface area (Å²) in [5.41, 5.74) is 8.09. The van der Waals surface area contributed by atoms with Crippen molar-refractivity contribution in [2.24, 2.45) is 0 Å². The molecule has 4 rings (SSSR count). The predicted molar refractivity (Wildman–Crippen MR) is 151 cm³/mol. The third kappa shape index (κ3) is 6.08.